The zero-order chi connectivity index (χ0) is 20.3. The molecule has 3 aromatic carbocycles. The maximum Gasteiger partial charge on any atom is 0.258 e. The molecule has 3 N–H and O–H groups in total. The van der Waals surface area contributed by atoms with Crippen molar-refractivity contribution < 1.29 is 9.90 Å². The number of para-hydroxylation sites is 1. The van der Waals surface area contributed by atoms with Gasteiger partial charge in [0.25, 0.3) is 5.91 Å². The molecule has 0 bridgehead atoms. The number of fused-ring (bicyclic) bond motifs is 1. The summed E-state index contributed by atoms with van der Waals surface area (Å²) in [7, 11) is 0. The molecule has 0 fully saturated rings. The van der Waals surface area contributed by atoms with Crippen LogP contribution in [0.2, 0.25) is 0 Å². The lowest BCUT2D eigenvalue weighted by atomic mass is 9.82. The lowest BCUT2D eigenvalue weighted by Gasteiger charge is -2.38. The third-order valence-electron chi connectivity index (χ3n) is 5.42. The summed E-state index contributed by atoms with van der Waals surface area (Å²) in [4.78, 5) is 13.7. The van der Waals surface area contributed by atoms with Crippen molar-refractivity contribution in [2.24, 2.45) is 0 Å². The second-order valence-corrected chi connectivity index (χ2v) is 7.20. The van der Waals surface area contributed by atoms with E-state index in [0.29, 0.717) is 5.56 Å². The third kappa shape index (κ3) is 3.38. The molecule has 2 atom stereocenters. The number of carbonyl (C=O) groups is 1. The van der Waals surface area contributed by atoms with Crippen LogP contribution in [0, 0.1) is 0 Å². The topological polar surface area (TPSA) is 61.4 Å². The van der Waals surface area contributed by atoms with Crippen molar-refractivity contribution in [1.82, 2.24) is 5.32 Å². The van der Waals surface area contributed by atoms with Gasteiger partial charge < -0.3 is 15.7 Å². The second kappa shape index (κ2) is 7.84. The number of carbonyl (C=O) groups excluding carboxylic acids is 1. The van der Waals surface area contributed by atoms with E-state index in [1.807, 2.05) is 91.9 Å². The van der Waals surface area contributed by atoms with Crippen LogP contribution in [-0.4, -0.2) is 11.0 Å². The number of anilines is 1. The minimum absolute atomic E-state index is 0.0252. The molecular weight excluding hydrogens is 360 g/mol. The lowest BCUT2D eigenvalue weighted by molar-refractivity contribution is -0.126. The summed E-state index contributed by atoms with van der Waals surface area (Å²) in [5, 5.41) is 17.6. The van der Waals surface area contributed by atoms with Crippen LogP contribution in [0.1, 0.15) is 36.1 Å². The lowest BCUT2D eigenvalue weighted by Crippen LogP contribution is -2.53. The van der Waals surface area contributed by atoms with E-state index in [2.05, 4.69) is 10.6 Å². The van der Waals surface area contributed by atoms with Gasteiger partial charge >= 0.3 is 0 Å². The van der Waals surface area contributed by atoms with Crippen molar-refractivity contribution in [2.75, 3.05) is 5.32 Å². The molecule has 2 unspecified atom stereocenters. The van der Waals surface area contributed by atoms with Crippen LogP contribution < -0.4 is 10.6 Å². The van der Waals surface area contributed by atoms with Crippen LogP contribution >= 0.6 is 0 Å². The molecule has 1 aliphatic heterocycles. The first-order valence-electron chi connectivity index (χ1n) is 9.85. The molecule has 146 valence electrons. The Morgan fingerprint density at radius 1 is 0.966 bits per heavy atom. The van der Waals surface area contributed by atoms with E-state index in [-0.39, 0.29) is 17.7 Å². The van der Waals surface area contributed by atoms with Gasteiger partial charge in [-0.2, -0.15) is 0 Å². The van der Waals surface area contributed by atoms with Gasteiger partial charge in [-0.3, -0.25) is 4.79 Å². The summed E-state index contributed by atoms with van der Waals surface area (Å²) >= 11 is 0. The van der Waals surface area contributed by atoms with Gasteiger partial charge in [0.1, 0.15) is 5.76 Å². The summed E-state index contributed by atoms with van der Waals surface area (Å²) in [6, 6.07) is 26.7. The quantitative estimate of drug-likeness (QED) is 0.568. The van der Waals surface area contributed by atoms with Gasteiger partial charge in [0.05, 0.1) is 6.04 Å². The minimum atomic E-state index is -1.39. The van der Waals surface area contributed by atoms with Gasteiger partial charge in [0, 0.05) is 11.3 Å². The molecule has 4 nitrogen and oxygen atoms in total. The Bertz CT molecular complexity index is 1030. The van der Waals surface area contributed by atoms with E-state index in [0.717, 1.165) is 23.2 Å². The van der Waals surface area contributed by atoms with Crippen LogP contribution in [0.4, 0.5) is 5.69 Å². The van der Waals surface area contributed by atoms with E-state index in [1.165, 1.54) is 0 Å². The van der Waals surface area contributed by atoms with E-state index in [4.69, 9.17) is 0 Å². The predicted octanol–water partition coefficient (Wildman–Crippen LogP) is 5.17. The number of benzene rings is 3. The maximum atomic E-state index is 13.7. The second-order valence-electron chi connectivity index (χ2n) is 7.20. The van der Waals surface area contributed by atoms with Crippen molar-refractivity contribution >= 4 is 17.7 Å². The molecular formula is C25H24N2O2. The van der Waals surface area contributed by atoms with Crippen LogP contribution in [0.3, 0.4) is 0 Å². The summed E-state index contributed by atoms with van der Waals surface area (Å²) in [5.41, 5.74) is 1.98. The molecule has 4 rings (SSSR count). The Labute approximate surface area is 170 Å². The zero-order valence-electron chi connectivity index (χ0n) is 16.3. The zero-order valence-corrected chi connectivity index (χ0v) is 16.3. The molecule has 3 aromatic rings. The van der Waals surface area contributed by atoms with Gasteiger partial charge in [-0.1, -0.05) is 85.8 Å². The SMILES string of the molecule is CCC(NC(=O)C1(c2ccccc2)Nc2ccccc2C=C1O)c1ccccc1. The van der Waals surface area contributed by atoms with Crippen LogP contribution in [0.5, 0.6) is 0 Å². The molecule has 0 aromatic heterocycles. The first-order valence-corrected chi connectivity index (χ1v) is 9.85. The first kappa shape index (κ1) is 18.8. The third-order valence-corrected chi connectivity index (χ3v) is 5.42. The molecule has 0 spiro atoms. The normalized spacial score (nSPS) is 18.7. The van der Waals surface area contributed by atoms with Crippen molar-refractivity contribution in [3.8, 4) is 0 Å². The van der Waals surface area contributed by atoms with Gasteiger partial charge in [-0.25, -0.2) is 0 Å². The average molecular weight is 384 g/mol. The Morgan fingerprint density at radius 2 is 1.59 bits per heavy atom. The molecule has 1 aliphatic rings. The average Bonchev–Trinajstić information content (AvgIpc) is 2.78. The summed E-state index contributed by atoms with van der Waals surface area (Å²) in [6.45, 7) is 2.03. The highest BCUT2D eigenvalue weighted by atomic mass is 16.3. The van der Waals surface area contributed by atoms with Gasteiger partial charge in [-0.15, -0.1) is 0 Å². The molecule has 1 amide bonds. The Hall–Kier alpha value is -3.53. The highest BCUT2D eigenvalue weighted by Gasteiger charge is 2.47. The van der Waals surface area contributed by atoms with Crippen LogP contribution in [0.25, 0.3) is 6.08 Å². The number of nitrogens with one attached hydrogen (secondary N) is 2. The monoisotopic (exact) mass is 384 g/mol. The van der Waals surface area contributed by atoms with Gasteiger partial charge in [0.2, 0.25) is 0 Å². The fourth-order valence-electron chi connectivity index (χ4n) is 3.84. The summed E-state index contributed by atoms with van der Waals surface area (Å²) in [6.07, 6.45) is 2.41. The number of hydrogen-bond donors (Lipinski definition) is 3. The number of hydrogen-bond acceptors (Lipinski definition) is 3. The summed E-state index contributed by atoms with van der Waals surface area (Å²) in [5.74, 6) is -0.314. The van der Waals surface area contributed by atoms with Crippen molar-refractivity contribution in [2.45, 2.75) is 24.9 Å². The Balaban J connectivity index is 1.77. The predicted molar refractivity (Wildman–Crippen MR) is 116 cm³/mol. The van der Waals surface area contributed by atoms with E-state index < -0.39 is 5.54 Å². The summed E-state index contributed by atoms with van der Waals surface area (Å²) < 4.78 is 0. The van der Waals surface area contributed by atoms with Gasteiger partial charge in [0.15, 0.2) is 5.54 Å². The number of aliphatic hydroxyl groups is 1. The molecule has 0 aliphatic carbocycles. The van der Waals surface area contributed by atoms with E-state index in [1.54, 1.807) is 6.08 Å². The maximum absolute atomic E-state index is 13.7. The highest BCUT2D eigenvalue weighted by Crippen LogP contribution is 2.40. The van der Waals surface area contributed by atoms with Crippen molar-refractivity contribution in [3.05, 3.63) is 107 Å². The molecule has 0 saturated carbocycles. The first-order chi connectivity index (χ1) is 14.1. The van der Waals surface area contributed by atoms with E-state index >= 15 is 0 Å². The minimum Gasteiger partial charge on any atom is -0.509 e. The fourth-order valence-corrected chi connectivity index (χ4v) is 3.84. The highest BCUT2D eigenvalue weighted by molar-refractivity contribution is 5.97. The van der Waals surface area contributed by atoms with Crippen molar-refractivity contribution in [1.29, 1.82) is 0 Å². The Morgan fingerprint density at radius 3 is 2.28 bits per heavy atom. The van der Waals surface area contributed by atoms with Gasteiger partial charge in [-0.05, 0) is 29.7 Å². The molecule has 4 heteroatoms. The molecule has 0 saturated heterocycles. The molecule has 29 heavy (non-hydrogen) atoms. The fraction of sp³-hybridized carbons (Fsp3) is 0.160. The number of rotatable bonds is 5. The van der Waals surface area contributed by atoms with Crippen LogP contribution in [-0.2, 0) is 10.3 Å². The largest absolute Gasteiger partial charge is 0.509 e. The van der Waals surface area contributed by atoms with E-state index in [9.17, 15) is 9.90 Å². The Kier molecular flexibility index (Phi) is 5.09. The van der Waals surface area contributed by atoms with Crippen molar-refractivity contribution in [3.63, 3.8) is 0 Å². The standard InChI is InChI=1S/C25H24N2O2/c1-2-21(18-11-5-3-6-12-18)26-24(29)25(20-14-7-4-8-15-20)23(28)17-19-13-9-10-16-22(19)27-25/h3-17,21,27-28H,2H2,1H3,(H,26,29). The number of aliphatic hydroxyl groups excluding tert-OH is 1. The molecule has 0 radical (unpaired) electrons. The number of amides is 1. The smallest absolute Gasteiger partial charge is 0.258 e. The van der Waals surface area contributed by atoms with Crippen LogP contribution in [0.15, 0.2) is 90.7 Å². The molecule has 1 heterocycles.